The van der Waals surface area contributed by atoms with E-state index in [1.807, 2.05) is 25.3 Å². The Labute approximate surface area is 141 Å². The van der Waals surface area contributed by atoms with Crippen molar-refractivity contribution in [1.29, 1.82) is 0 Å². The lowest BCUT2D eigenvalue weighted by Gasteiger charge is -2.11. The number of anilines is 1. The summed E-state index contributed by atoms with van der Waals surface area (Å²) < 4.78 is 0. The molecule has 6 nitrogen and oxygen atoms in total. The van der Waals surface area contributed by atoms with Crippen LogP contribution in [0.2, 0.25) is 0 Å². The third-order valence-electron chi connectivity index (χ3n) is 3.96. The lowest BCUT2D eigenvalue weighted by Crippen LogP contribution is -2.15. The number of aromatic amines is 2. The van der Waals surface area contributed by atoms with Gasteiger partial charge >= 0.3 is 5.69 Å². The van der Waals surface area contributed by atoms with Gasteiger partial charge in [0, 0.05) is 0 Å². The molecule has 2 aromatic heterocycles. The Kier molecular flexibility index (Phi) is 4.11. The highest BCUT2D eigenvalue weighted by Gasteiger charge is 2.14. The number of Topliss-reactive ketones (excluding diaryl/α,β-unsaturated/α-hetero) is 1. The van der Waals surface area contributed by atoms with Crippen LogP contribution in [0.3, 0.4) is 0 Å². The maximum atomic E-state index is 12.4. The fraction of sp³-hybridized carbons (Fsp3) is 0.235. The van der Waals surface area contributed by atoms with E-state index in [9.17, 15) is 14.4 Å². The molecule has 0 spiro atoms. The Balaban J connectivity index is 1.88. The molecular weight excluding hydrogens is 326 g/mol. The molecule has 0 atom stereocenters. The number of nitrogens with one attached hydrogen (secondary N) is 3. The van der Waals surface area contributed by atoms with E-state index in [1.54, 1.807) is 6.07 Å². The number of carbonyl (C=O) groups excluding carboxylic acids is 2. The average molecular weight is 343 g/mol. The largest absolute Gasteiger partial charge is 0.324 e. The molecule has 0 aliphatic carbocycles. The van der Waals surface area contributed by atoms with Crippen LogP contribution in [-0.4, -0.2) is 21.7 Å². The number of fused-ring (bicyclic) bond motifs is 1. The molecule has 7 heteroatoms. The monoisotopic (exact) mass is 343 g/mol. The molecule has 0 aliphatic heterocycles. The number of carbonyl (C=O) groups is 2. The molecule has 2 heterocycles. The number of H-pyrrole nitrogens is 2. The normalized spacial score (nSPS) is 11.0. The second-order valence-corrected chi connectivity index (χ2v) is 6.71. The van der Waals surface area contributed by atoms with Gasteiger partial charge in [-0.1, -0.05) is 0 Å². The predicted octanol–water partition coefficient (Wildman–Crippen LogP) is 2.92. The SMILES string of the molecule is CC(=O)c1cc(CC(=O)Nc2c(C)c(C)cc3[nH]c(=O)[nH]c23)cs1. The van der Waals surface area contributed by atoms with Crippen molar-refractivity contribution in [1.82, 2.24) is 9.97 Å². The van der Waals surface area contributed by atoms with Crippen molar-refractivity contribution in [3.8, 4) is 0 Å². The van der Waals surface area contributed by atoms with Gasteiger partial charge in [-0.25, -0.2) is 4.79 Å². The molecule has 0 aliphatic rings. The topological polar surface area (TPSA) is 94.8 Å². The van der Waals surface area contributed by atoms with Crippen molar-refractivity contribution in [3.05, 3.63) is 49.6 Å². The summed E-state index contributed by atoms with van der Waals surface area (Å²) in [6.07, 6.45) is 0.174. The minimum absolute atomic E-state index is 0.00667. The Morgan fingerprint density at radius 2 is 1.96 bits per heavy atom. The zero-order valence-electron chi connectivity index (χ0n) is 13.6. The van der Waals surface area contributed by atoms with Gasteiger partial charge in [0.2, 0.25) is 5.91 Å². The van der Waals surface area contributed by atoms with Gasteiger partial charge in [0.15, 0.2) is 5.78 Å². The van der Waals surface area contributed by atoms with Crippen molar-refractivity contribution in [2.45, 2.75) is 27.2 Å². The van der Waals surface area contributed by atoms with Gasteiger partial charge in [-0.15, -0.1) is 11.3 Å². The smallest absolute Gasteiger partial charge is 0.323 e. The van der Waals surface area contributed by atoms with Gasteiger partial charge in [-0.2, -0.15) is 0 Å². The lowest BCUT2D eigenvalue weighted by molar-refractivity contribution is -0.115. The molecule has 3 N–H and O–H groups in total. The van der Waals surface area contributed by atoms with Crippen LogP contribution < -0.4 is 11.0 Å². The average Bonchev–Trinajstić information content (AvgIpc) is 3.10. The molecular formula is C17H17N3O3S. The molecule has 1 amide bonds. The van der Waals surface area contributed by atoms with Crippen LogP contribution >= 0.6 is 11.3 Å². The van der Waals surface area contributed by atoms with E-state index >= 15 is 0 Å². The van der Waals surface area contributed by atoms with E-state index in [2.05, 4.69) is 15.3 Å². The standard InChI is InChI=1S/C17H17N3O3S/c1-8-4-12-16(20-17(23)18-12)15(9(8)2)19-14(22)6-11-5-13(10(3)21)24-7-11/h4-5,7H,6H2,1-3H3,(H,19,22)(H2,18,20,23). The first-order valence-corrected chi connectivity index (χ1v) is 8.33. The number of aromatic nitrogens is 2. The van der Waals surface area contributed by atoms with Gasteiger partial charge < -0.3 is 15.3 Å². The Hall–Kier alpha value is -2.67. The highest BCUT2D eigenvalue weighted by molar-refractivity contribution is 7.12. The number of ketones is 1. The Bertz CT molecular complexity index is 1010. The first-order chi connectivity index (χ1) is 11.3. The van der Waals surface area contributed by atoms with Crippen LogP contribution in [0, 0.1) is 13.8 Å². The molecule has 1 aromatic carbocycles. The van der Waals surface area contributed by atoms with E-state index in [4.69, 9.17) is 0 Å². The number of rotatable bonds is 4. The van der Waals surface area contributed by atoms with Crippen molar-refractivity contribution in [3.63, 3.8) is 0 Å². The quantitative estimate of drug-likeness (QED) is 0.636. The molecule has 0 fully saturated rings. The van der Waals surface area contributed by atoms with Gasteiger partial charge in [0.05, 0.1) is 28.0 Å². The fourth-order valence-corrected chi connectivity index (χ4v) is 3.41. The highest BCUT2D eigenvalue weighted by atomic mass is 32.1. The van der Waals surface area contributed by atoms with E-state index in [0.717, 1.165) is 16.7 Å². The third-order valence-corrected chi connectivity index (χ3v) is 5.04. The summed E-state index contributed by atoms with van der Waals surface area (Å²) in [5, 5.41) is 4.70. The fourth-order valence-electron chi connectivity index (χ4n) is 2.59. The second-order valence-electron chi connectivity index (χ2n) is 5.80. The molecule has 0 bridgehead atoms. The van der Waals surface area contributed by atoms with E-state index in [-0.39, 0.29) is 23.8 Å². The van der Waals surface area contributed by atoms with Crippen molar-refractivity contribution >= 4 is 39.7 Å². The molecule has 0 saturated heterocycles. The molecule has 0 saturated carbocycles. The maximum absolute atomic E-state index is 12.4. The minimum atomic E-state index is -0.311. The molecule has 0 radical (unpaired) electrons. The minimum Gasteiger partial charge on any atom is -0.324 e. The number of aryl methyl sites for hydroxylation is 1. The van der Waals surface area contributed by atoms with Gasteiger partial charge in [0.25, 0.3) is 0 Å². The van der Waals surface area contributed by atoms with Crippen LogP contribution in [0.1, 0.15) is 33.3 Å². The van der Waals surface area contributed by atoms with Gasteiger partial charge in [0.1, 0.15) is 0 Å². The van der Waals surface area contributed by atoms with E-state index in [1.165, 1.54) is 18.3 Å². The number of hydrogen-bond acceptors (Lipinski definition) is 4. The first-order valence-electron chi connectivity index (χ1n) is 7.45. The summed E-state index contributed by atoms with van der Waals surface area (Å²) in [5.74, 6) is -0.201. The van der Waals surface area contributed by atoms with Crippen LogP contribution in [0.5, 0.6) is 0 Å². The van der Waals surface area contributed by atoms with Crippen LogP contribution in [0.4, 0.5) is 5.69 Å². The van der Waals surface area contributed by atoms with E-state index < -0.39 is 0 Å². The Morgan fingerprint density at radius 3 is 2.62 bits per heavy atom. The summed E-state index contributed by atoms with van der Waals surface area (Å²) in [5.41, 5.74) is 4.22. The molecule has 0 unspecified atom stereocenters. The van der Waals surface area contributed by atoms with Crippen molar-refractivity contribution in [2.75, 3.05) is 5.32 Å². The van der Waals surface area contributed by atoms with Crippen molar-refractivity contribution in [2.24, 2.45) is 0 Å². The maximum Gasteiger partial charge on any atom is 0.323 e. The first kappa shape index (κ1) is 16.2. The second kappa shape index (κ2) is 6.09. The number of thiophene rings is 1. The number of amides is 1. The molecule has 3 aromatic rings. The highest BCUT2D eigenvalue weighted by Crippen LogP contribution is 2.27. The number of imidazole rings is 1. The predicted molar refractivity (Wildman–Crippen MR) is 95.1 cm³/mol. The zero-order chi connectivity index (χ0) is 17.4. The van der Waals surface area contributed by atoms with Crippen LogP contribution in [0.25, 0.3) is 11.0 Å². The molecule has 124 valence electrons. The van der Waals surface area contributed by atoms with Gasteiger partial charge in [-0.05, 0) is 55.0 Å². The molecule has 3 rings (SSSR count). The summed E-state index contributed by atoms with van der Waals surface area (Å²) in [7, 11) is 0. The number of hydrogen-bond donors (Lipinski definition) is 3. The van der Waals surface area contributed by atoms with Crippen molar-refractivity contribution < 1.29 is 9.59 Å². The molecule has 24 heavy (non-hydrogen) atoms. The van der Waals surface area contributed by atoms with Gasteiger partial charge in [-0.3, -0.25) is 9.59 Å². The summed E-state index contributed by atoms with van der Waals surface area (Å²) in [4.78, 5) is 41.3. The lowest BCUT2D eigenvalue weighted by atomic mass is 10.1. The summed E-state index contributed by atoms with van der Waals surface area (Å²) in [6.45, 7) is 5.33. The zero-order valence-corrected chi connectivity index (χ0v) is 14.4. The summed E-state index contributed by atoms with van der Waals surface area (Å²) in [6, 6.07) is 3.61. The van der Waals surface area contributed by atoms with E-state index in [0.29, 0.717) is 21.6 Å². The van der Waals surface area contributed by atoms with Crippen LogP contribution in [-0.2, 0) is 11.2 Å². The summed E-state index contributed by atoms with van der Waals surface area (Å²) >= 11 is 1.34. The van der Waals surface area contributed by atoms with Crippen LogP contribution in [0.15, 0.2) is 22.3 Å². The number of benzene rings is 1. The third kappa shape index (κ3) is 3.03. The Morgan fingerprint density at radius 1 is 1.21 bits per heavy atom.